The smallest absolute Gasteiger partial charge is 0.240 e. The van der Waals surface area contributed by atoms with Crippen LogP contribution in [-0.4, -0.2) is 49.1 Å². The SMILES string of the molecule is Nc1cc(NC(CO)(CO)CO)ccc1S(N)(=O)=O. The molecule has 0 spiro atoms. The van der Waals surface area contributed by atoms with Crippen molar-refractivity contribution in [2.75, 3.05) is 30.9 Å². The molecule has 0 amide bonds. The molecular weight excluding hydrogens is 274 g/mol. The highest BCUT2D eigenvalue weighted by atomic mass is 32.2. The van der Waals surface area contributed by atoms with Crippen LogP contribution >= 0.6 is 0 Å². The Labute approximate surface area is 110 Å². The fraction of sp³-hybridized carbons (Fsp3) is 0.400. The van der Waals surface area contributed by atoms with Crippen LogP contribution in [0.5, 0.6) is 0 Å². The molecular formula is C10H17N3O5S. The fourth-order valence-electron chi connectivity index (χ4n) is 1.46. The van der Waals surface area contributed by atoms with Gasteiger partial charge >= 0.3 is 0 Å². The van der Waals surface area contributed by atoms with Crippen LogP contribution in [0.4, 0.5) is 11.4 Å². The van der Waals surface area contributed by atoms with Crippen LogP contribution in [0.2, 0.25) is 0 Å². The topological polar surface area (TPSA) is 159 Å². The van der Waals surface area contributed by atoms with Gasteiger partial charge in [0.05, 0.1) is 25.5 Å². The minimum Gasteiger partial charge on any atom is -0.398 e. The molecule has 19 heavy (non-hydrogen) atoms. The Balaban J connectivity index is 3.09. The van der Waals surface area contributed by atoms with E-state index < -0.39 is 35.4 Å². The first kappa shape index (κ1) is 15.7. The highest BCUT2D eigenvalue weighted by Gasteiger charge is 2.28. The molecule has 108 valence electrons. The van der Waals surface area contributed by atoms with Crippen LogP contribution in [0.3, 0.4) is 0 Å². The van der Waals surface area contributed by atoms with Gasteiger partial charge in [-0.1, -0.05) is 0 Å². The second-order valence-corrected chi connectivity index (χ2v) is 5.71. The van der Waals surface area contributed by atoms with Gasteiger partial charge in [-0.15, -0.1) is 0 Å². The lowest BCUT2D eigenvalue weighted by Gasteiger charge is -2.30. The van der Waals surface area contributed by atoms with Gasteiger partial charge in [-0.25, -0.2) is 13.6 Å². The largest absolute Gasteiger partial charge is 0.398 e. The molecule has 0 aliphatic heterocycles. The molecule has 1 aromatic rings. The second kappa shape index (κ2) is 5.72. The third-order valence-corrected chi connectivity index (χ3v) is 3.62. The van der Waals surface area contributed by atoms with Crippen molar-refractivity contribution in [1.82, 2.24) is 0 Å². The molecule has 0 aliphatic carbocycles. The Bertz CT molecular complexity index is 534. The second-order valence-electron chi connectivity index (χ2n) is 4.18. The Morgan fingerprint density at radius 2 is 1.68 bits per heavy atom. The van der Waals surface area contributed by atoms with Crippen molar-refractivity contribution in [3.8, 4) is 0 Å². The molecule has 9 heteroatoms. The lowest BCUT2D eigenvalue weighted by molar-refractivity contribution is 0.0834. The number of anilines is 2. The van der Waals surface area contributed by atoms with Crippen LogP contribution in [-0.2, 0) is 10.0 Å². The number of nitrogens with two attached hydrogens (primary N) is 2. The minimum absolute atomic E-state index is 0.0739. The van der Waals surface area contributed by atoms with E-state index in [1.54, 1.807) is 0 Å². The molecule has 0 saturated carbocycles. The molecule has 8 nitrogen and oxygen atoms in total. The van der Waals surface area contributed by atoms with Crippen molar-refractivity contribution in [3.63, 3.8) is 0 Å². The van der Waals surface area contributed by atoms with Crippen molar-refractivity contribution in [2.24, 2.45) is 5.14 Å². The maximum absolute atomic E-state index is 11.2. The maximum Gasteiger partial charge on any atom is 0.240 e. The number of benzene rings is 1. The number of aliphatic hydroxyl groups excluding tert-OH is 3. The van der Waals surface area contributed by atoms with E-state index in [4.69, 9.17) is 26.2 Å². The summed E-state index contributed by atoms with van der Waals surface area (Å²) in [5.74, 6) is 0. The predicted molar refractivity (Wildman–Crippen MR) is 69.8 cm³/mol. The van der Waals surface area contributed by atoms with Gasteiger partial charge in [0.15, 0.2) is 0 Å². The van der Waals surface area contributed by atoms with Gasteiger partial charge in [0.2, 0.25) is 10.0 Å². The third kappa shape index (κ3) is 3.55. The summed E-state index contributed by atoms with van der Waals surface area (Å²) in [6.07, 6.45) is 0. The molecule has 0 bridgehead atoms. The number of aliphatic hydroxyl groups is 3. The number of hydrogen-bond donors (Lipinski definition) is 6. The molecule has 0 saturated heterocycles. The number of nitrogens with one attached hydrogen (secondary N) is 1. The number of hydrogen-bond acceptors (Lipinski definition) is 7. The van der Waals surface area contributed by atoms with Gasteiger partial charge in [0.1, 0.15) is 10.4 Å². The van der Waals surface area contributed by atoms with Crippen molar-refractivity contribution < 1.29 is 23.7 Å². The van der Waals surface area contributed by atoms with Crippen molar-refractivity contribution in [2.45, 2.75) is 10.4 Å². The lowest BCUT2D eigenvalue weighted by atomic mass is 10.0. The molecule has 0 heterocycles. The van der Waals surface area contributed by atoms with E-state index in [0.717, 1.165) is 0 Å². The Morgan fingerprint density at radius 3 is 2.05 bits per heavy atom. The summed E-state index contributed by atoms with van der Waals surface area (Å²) in [5, 5.41) is 35.1. The van der Waals surface area contributed by atoms with E-state index in [0.29, 0.717) is 5.69 Å². The summed E-state index contributed by atoms with van der Waals surface area (Å²) < 4.78 is 22.4. The van der Waals surface area contributed by atoms with Crippen LogP contribution in [0.25, 0.3) is 0 Å². The van der Waals surface area contributed by atoms with E-state index in [2.05, 4.69) is 5.32 Å². The van der Waals surface area contributed by atoms with E-state index in [-0.39, 0.29) is 10.6 Å². The quantitative estimate of drug-likeness (QED) is 0.332. The maximum atomic E-state index is 11.2. The van der Waals surface area contributed by atoms with Crippen molar-refractivity contribution >= 4 is 21.4 Å². The fourth-order valence-corrected chi connectivity index (χ4v) is 2.11. The minimum atomic E-state index is -3.91. The zero-order valence-electron chi connectivity index (χ0n) is 10.1. The normalized spacial score (nSPS) is 12.4. The van der Waals surface area contributed by atoms with E-state index >= 15 is 0 Å². The standard InChI is InChI=1S/C10H17N3O5S/c11-8-3-7(1-2-9(8)19(12,17)18)13-10(4-14,5-15)6-16/h1-3,13-16H,4-6,11H2,(H2,12,17,18). The molecule has 0 radical (unpaired) electrons. The van der Waals surface area contributed by atoms with Gasteiger partial charge in [-0.05, 0) is 18.2 Å². The molecule has 0 unspecified atom stereocenters. The van der Waals surface area contributed by atoms with E-state index in [9.17, 15) is 8.42 Å². The molecule has 1 rings (SSSR count). The van der Waals surface area contributed by atoms with Crippen LogP contribution < -0.4 is 16.2 Å². The molecule has 0 fully saturated rings. The first-order valence-electron chi connectivity index (χ1n) is 5.31. The molecule has 0 aromatic heterocycles. The molecule has 8 N–H and O–H groups in total. The van der Waals surface area contributed by atoms with Crippen LogP contribution in [0, 0.1) is 0 Å². The van der Waals surface area contributed by atoms with Gasteiger partial charge in [0, 0.05) is 5.69 Å². The highest BCUT2D eigenvalue weighted by Crippen LogP contribution is 2.23. The first-order chi connectivity index (χ1) is 8.78. The zero-order valence-corrected chi connectivity index (χ0v) is 10.9. The average Bonchev–Trinajstić information content (AvgIpc) is 2.34. The molecule has 0 aliphatic rings. The number of sulfonamides is 1. The summed E-state index contributed by atoms with van der Waals surface area (Å²) in [5.41, 5.74) is 4.50. The Kier molecular flexibility index (Phi) is 4.71. The number of primary sulfonamides is 1. The molecule has 1 aromatic carbocycles. The highest BCUT2D eigenvalue weighted by molar-refractivity contribution is 7.89. The zero-order chi connectivity index (χ0) is 14.7. The van der Waals surface area contributed by atoms with Gasteiger partial charge in [0.25, 0.3) is 0 Å². The van der Waals surface area contributed by atoms with E-state index in [1.807, 2.05) is 0 Å². The van der Waals surface area contributed by atoms with Crippen LogP contribution in [0.1, 0.15) is 0 Å². The number of nitrogen functional groups attached to an aromatic ring is 1. The van der Waals surface area contributed by atoms with Crippen molar-refractivity contribution in [3.05, 3.63) is 18.2 Å². The molecule has 0 atom stereocenters. The Hall–Kier alpha value is -1.39. The monoisotopic (exact) mass is 291 g/mol. The van der Waals surface area contributed by atoms with Gasteiger partial charge in [-0.2, -0.15) is 0 Å². The summed E-state index contributed by atoms with van der Waals surface area (Å²) >= 11 is 0. The average molecular weight is 291 g/mol. The Morgan fingerprint density at radius 1 is 1.16 bits per heavy atom. The third-order valence-electron chi connectivity index (χ3n) is 2.63. The van der Waals surface area contributed by atoms with Gasteiger partial charge < -0.3 is 26.4 Å². The van der Waals surface area contributed by atoms with Gasteiger partial charge in [-0.3, -0.25) is 0 Å². The predicted octanol–water partition coefficient (Wildman–Crippen LogP) is -1.96. The summed E-state index contributed by atoms with van der Waals surface area (Å²) in [4.78, 5) is -0.222. The van der Waals surface area contributed by atoms with Crippen molar-refractivity contribution in [1.29, 1.82) is 0 Å². The summed E-state index contributed by atoms with van der Waals surface area (Å²) in [6, 6.07) is 3.85. The number of rotatable bonds is 6. The summed E-state index contributed by atoms with van der Waals surface area (Å²) in [7, 11) is -3.91. The first-order valence-corrected chi connectivity index (χ1v) is 6.86. The lowest BCUT2D eigenvalue weighted by Crippen LogP contribution is -2.49. The van der Waals surface area contributed by atoms with E-state index in [1.165, 1.54) is 18.2 Å². The summed E-state index contributed by atoms with van der Waals surface area (Å²) in [6.45, 7) is -1.55. The van der Waals surface area contributed by atoms with Crippen LogP contribution in [0.15, 0.2) is 23.1 Å².